The monoisotopic (exact) mass is 463 g/mol. The number of aliphatic hydroxyl groups is 1. The molecule has 0 aliphatic carbocycles. The first-order chi connectivity index (χ1) is 16.1. The van der Waals surface area contributed by atoms with Gasteiger partial charge in [0.05, 0.1) is 12.8 Å². The van der Waals surface area contributed by atoms with E-state index in [2.05, 4.69) is 10.4 Å². The van der Waals surface area contributed by atoms with Gasteiger partial charge in [0.1, 0.15) is 17.0 Å². The zero-order chi connectivity index (χ0) is 24.6. The number of hydrogen-bond acceptors (Lipinski definition) is 6. The van der Waals surface area contributed by atoms with Gasteiger partial charge in [-0.1, -0.05) is 0 Å². The van der Waals surface area contributed by atoms with Crippen molar-refractivity contribution >= 4 is 29.1 Å². The highest BCUT2D eigenvalue weighted by molar-refractivity contribution is 6.09. The standard InChI is InChI=1S/C24H25N5O5/c1-24(2,33)23(32)26-14-4-6-15(7-5-14)28-13-12-18-19(21(25)30)27-29(20(18)22(28)31)16-8-10-17(34-3)11-9-16/h4-11,33H,12-13H2,1-3H3,(H2,25,30)(H,26,32). The number of carbonyl (C=O) groups excluding carboxylic acids is 3. The number of nitrogens with zero attached hydrogens (tertiary/aromatic N) is 3. The number of nitrogens with one attached hydrogen (secondary N) is 1. The molecule has 2 heterocycles. The SMILES string of the molecule is COc1ccc(-n2nc(C(N)=O)c3c2C(=O)N(c2ccc(NC(=O)C(C)(C)O)cc2)CC3)cc1. The molecule has 1 aliphatic heterocycles. The summed E-state index contributed by atoms with van der Waals surface area (Å²) >= 11 is 0. The third kappa shape index (κ3) is 4.23. The Labute approximate surface area is 195 Å². The second-order valence-corrected chi connectivity index (χ2v) is 8.42. The predicted molar refractivity (Wildman–Crippen MR) is 125 cm³/mol. The summed E-state index contributed by atoms with van der Waals surface area (Å²) in [6, 6.07) is 13.7. The molecule has 10 nitrogen and oxygen atoms in total. The zero-order valence-corrected chi connectivity index (χ0v) is 19.0. The van der Waals surface area contributed by atoms with Gasteiger partial charge < -0.3 is 25.8 Å². The molecule has 0 spiro atoms. The van der Waals surface area contributed by atoms with Crippen molar-refractivity contribution in [2.24, 2.45) is 5.73 Å². The van der Waals surface area contributed by atoms with Crippen molar-refractivity contribution in [2.45, 2.75) is 25.9 Å². The van der Waals surface area contributed by atoms with Crippen molar-refractivity contribution < 1.29 is 24.2 Å². The van der Waals surface area contributed by atoms with Crippen LogP contribution in [-0.2, 0) is 11.2 Å². The van der Waals surface area contributed by atoms with Crippen LogP contribution in [0, 0.1) is 0 Å². The molecule has 0 saturated carbocycles. The first kappa shape index (κ1) is 23.0. The van der Waals surface area contributed by atoms with E-state index in [1.165, 1.54) is 18.5 Å². The molecular formula is C24H25N5O5. The van der Waals surface area contributed by atoms with Crippen LogP contribution < -0.4 is 20.7 Å². The molecule has 2 aromatic carbocycles. The molecule has 0 saturated heterocycles. The maximum atomic E-state index is 13.6. The van der Waals surface area contributed by atoms with Crippen LogP contribution in [0.5, 0.6) is 5.75 Å². The lowest BCUT2D eigenvalue weighted by Crippen LogP contribution is -2.39. The molecule has 176 valence electrons. The van der Waals surface area contributed by atoms with Crippen LogP contribution in [0.2, 0.25) is 0 Å². The first-order valence-electron chi connectivity index (χ1n) is 10.6. The van der Waals surface area contributed by atoms with Crippen LogP contribution in [0.25, 0.3) is 5.69 Å². The van der Waals surface area contributed by atoms with Gasteiger partial charge in [0.2, 0.25) is 0 Å². The summed E-state index contributed by atoms with van der Waals surface area (Å²) in [5, 5.41) is 16.8. The number of rotatable bonds is 6. The topological polar surface area (TPSA) is 140 Å². The van der Waals surface area contributed by atoms with Gasteiger partial charge in [-0.25, -0.2) is 4.68 Å². The van der Waals surface area contributed by atoms with Crippen molar-refractivity contribution in [1.82, 2.24) is 9.78 Å². The normalized spacial score (nSPS) is 13.4. The van der Waals surface area contributed by atoms with Gasteiger partial charge in [-0.05, 0) is 68.8 Å². The van der Waals surface area contributed by atoms with Crippen LogP contribution in [-0.4, -0.2) is 51.9 Å². The molecule has 0 unspecified atom stereocenters. The van der Waals surface area contributed by atoms with Crippen LogP contribution in [0.4, 0.5) is 11.4 Å². The quantitative estimate of drug-likeness (QED) is 0.510. The van der Waals surface area contributed by atoms with E-state index in [4.69, 9.17) is 10.5 Å². The molecule has 10 heteroatoms. The van der Waals surface area contributed by atoms with Crippen LogP contribution in [0.15, 0.2) is 48.5 Å². The summed E-state index contributed by atoms with van der Waals surface area (Å²) in [6.07, 6.45) is 0.396. The number of carbonyl (C=O) groups is 3. The molecule has 0 bridgehead atoms. The Hall–Kier alpha value is -4.18. The lowest BCUT2D eigenvalue weighted by Gasteiger charge is -2.28. The largest absolute Gasteiger partial charge is 0.497 e. The summed E-state index contributed by atoms with van der Waals surface area (Å²) in [5.74, 6) is -0.923. The molecule has 0 atom stereocenters. The molecular weight excluding hydrogens is 438 g/mol. The molecule has 3 amide bonds. The van der Waals surface area contributed by atoms with Gasteiger partial charge in [0.15, 0.2) is 5.69 Å². The lowest BCUT2D eigenvalue weighted by atomic mass is 10.0. The lowest BCUT2D eigenvalue weighted by molar-refractivity contribution is -0.130. The number of aromatic nitrogens is 2. The summed E-state index contributed by atoms with van der Waals surface area (Å²) < 4.78 is 6.62. The predicted octanol–water partition coefficient (Wildman–Crippen LogP) is 1.89. The van der Waals surface area contributed by atoms with Crippen molar-refractivity contribution in [3.05, 3.63) is 65.5 Å². The molecule has 0 radical (unpaired) electrons. The highest BCUT2D eigenvalue weighted by Gasteiger charge is 2.34. The number of nitrogens with two attached hydrogens (primary N) is 1. The van der Waals surface area contributed by atoms with E-state index in [1.54, 1.807) is 60.5 Å². The van der Waals surface area contributed by atoms with Gasteiger partial charge in [0, 0.05) is 23.5 Å². The number of benzene rings is 2. The second-order valence-electron chi connectivity index (χ2n) is 8.42. The van der Waals surface area contributed by atoms with Gasteiger partial charge in [-0.15, -0.1) is 0 Å². The zero-order valence-electron chi connectivity index (χ0n) is 19.0. The Morgan fingerprint density at radius 1 is 1.09 bits per heavy atom. The Bertz CT molecular complexity index is 1260. The molecule has 1 aromatic heterocycles. The van der Waals surface area contributed by atoms with Crippen molar-refractivity contribution in [3.63, 3.8) is 0 Å². The van der Waals surface area contributed by atoms with Crippen molar-refractivity contribution in [3.8, 4) is 11.4 Å². The van der Waals surface area contributed by atoms with E-state index in [1.807, 2.05) is 0 Å². The average molecular weight is 463 g/mol. The van der Waals surface area contributed by atoms with Crippen LogP contribution in [0.1, 0.15) is 40.4 Å². The minimum absolute atomic E-state index is 0.0727. The average Bonchev–Trinajstić information content (AvgIpc) is 3.20. The number of fused-ring (bicyclic) bond motifs is 1. The summed E-state index contributed by atoms with van der Waals surface area (Å²) in [7, 11) is 1.55. The third-order valence-corrected chi connectivity index (χ3v) is 5.56. The van der Waals surface area contributed by atoms with Gasteiger partial charge >= 0.3 is 0 Å². The fraction of sp³-hybridized carbons (Fsp3) is 0.250. The Morgan fingerprint density at radius 3 is 2.26 bits per heavy atom. The summed E-state index contributed by atoms with van der Waals surface area (Å²) in [6.45, 7) is 3.12. The fourth-order valence-electron chi connectivity index (χ4n) is 3.72. The number of primary amides is 1. The minimum Gasteiger partial charge on any atom is -0.497 e. The van der Waals surface area contributed by atoms with E-state index in [9.17, 15) is 19.5 Å². The molecule has 4 rings (SSSR count). The maximum Gasteiger partial charge on any atom is 0.277 e. The first-order valence-corrected chi connectivity index (χ1v) is 10.6. The van der Waals surface area contributed by atoms with E-state index in [0.717, 1.165) is 0 Å². The molecule has 0 fully saturated rings. The number of amides is 3. The molecule has 1 aliphatic rings. The van der Waals surface area contributed by atoms with E-state index >= 15 is 0 Å². The number of methoxy groups -OCH3 is 1. The van der Waals surface area contributed by atoms with Gasteiger partial charge in [0.25, 0.3) is 17.7 Å². The number of anilines is 2. The Balaban J connectivity index is 1.67. The van der Waals surface area contributed by atoms with E-state index < -0.39 is 17.4 Å². The Morgan fingerprint density at radius 2 is 1.71 bits per heavy atom. The van der Waals surface area contributed by atoms with Crippen molar-refractivity contribution in [2.75, 3.05) is 23.9 Å². The highest BCUT2D eigenvalue weighted by Crippen LogP contribution is 2.30. The fourth-order valence-corrected chi connectivity index (χ4v) is 3.72. The van der Waals surface area contributed by atoms with Crippen molar-refractivity contribution in [1.29, 1.82) is 0 Å². The smallest absolute Gasteiger partial charge is 0.277 e. The minimum atomic E-state index is -1.52. The molecule has 4 N–H and O–H groups in total. The van der Waals surface area contributed by atoms with Gasteiger partial charge in [-0.2, -0.15) is 5.10 Å². The second kappa shape index (κ2) is 8.64. The van der Waals surface area contributed by atoms with Crippen LogP contribution >= 0.6 is 0 Å². The molecule has 34 heavy (non-hydrogen) atoms. The van der Waals surface area contributed by atoms with Crippen LogP contribution in [0.3, 0.4) is 0 Å². The third-order valence-electron chi connectivity index (χ3n) is 5.56. The van der Waals surface area contributed by atoms with Gasteiger partial charge in [-0.3, -0.25) is 14.4 Å². The summed E-state index contributed by atoms with van der Waals surface area (Å²) in [4.78, 5) is 39.2. The number of hydrogen-bond donors (Lipinski definition) is 3. The molecule has 3 aromatic rings. The number of ether oxygens (including phenoxy) is 1. The highest BCUT2D eigenvalue weighted by atomic mass is 16.5. The van der Waals surface area contributed by atoms with E-state index in [0.29, 0.717) is 41.3 Å². The maximum absolute atomic E-state index is 13.6. The Kier molecular flexibility index (Phi) is 5.84. The van der Waals surface area contributed by atoms with E-state index in [-0.39, 0.29) is 17.3 Å². The summed E-state index contributed by atoms with van der Waals surface area (Å²) in [5.41, 5.74) is 6.56.